The molecular formula is C15H19ClFN3O. The number of benzene rings is 1. The van der Waals surface area contributed by atoms with Gasteiger partial charge in [-0.1, -0.05) is 37.6 Å². The summed E-state index contributed by atoms with van der Waals surface area (Å²) in [5.74, 6) is -0.229. The molecule has 0 fully saturated rings. The van der Waals surface area contributed by atoms with Crippen molar-refractivity contribution in [2.75, 3.05) is 11.9 Å². The molecule has 0 radical (unpaired) electrons. The molecule has 6 heteroatoms. The van der Waals surface area contributed by atoms with Crippen LogP contribution in [0.1, 0.15) is 25.5 Å². The molecule has 0 aliphatic carbocycles. The maximum Gasteiger partial charge on any atom is 0.147 e. The zero-order chi connectivity index (χ0) is 15.4. The summed E-state index contributed by atoms with van der Waals surface area (Å²) in [6.45, 7) is 4.48. The van der Waals surface area contributed by atoms with E-state index in [1.165, 1.54) is 6.07 Å². The van der Waals surface area contributed by atoms with Gasteiger partial charge in [0.2, 0.25) is 0 Å². The van der Waals surface area contributed by atoms with Crippen LogP contribution in [0.25, 0.3) is 0 Å². The summed E-state index contributed by atoms with van der Waals surface area (Å²) in [6, 6.07) is 4.80. The van der Waals surface area contributed by atoms with Crippen molar-refractivity contribution in [1.82, 2.24) is 9.78 Å². The number of aliphatic hydroxyl groups is 1. The molecule has 0 aliphatic rings. The Kier molecular flexibility index (Phi) is 5.20. The van der Waals surface area contributed by atoms with Gasteiger partial charge in [0.15, 0.2) is 0 Å². The second kappa shape index (κ2) is 6.91. The van der Waals surface area contributed by atoms with Crippen molar-refractivity contribution < 1.29 is 9.50 Å². The quantitative estimate of drug-likeness (QED) is 0.858. The van der Waals surface area contributed by atoms with E-state index in [-0.39, 0.29) is 23.6 Å². The van der Waals surface area contributed by atoms with Crippen molar-refractivity contribution in [3.05, 3.63) is 47.0 Å². The number of halogens is 2. The predicted molar refractivity (Wildman–Crippen MR) is 81.9 cm³/mol. The SMILES string of the molecule is CC(C)C(Nc1cnn(CCO)c1)c1cccc(Cl)c1F. The number of rotatable bonds is 6. The molecule has 1 heterocycles. The number of nitrogens with zero attached hydrogens (tertiary/aromatic N) is 2. The normalized spacial score (nSPS) is 12.7. The van der Waals surface area contributed by atoms with Crippen LogP contribution >= 0.6 is 11.6 Å². The first-order valence-electron chi connectivity index (χ1n) is 6.86. The van der Waals surface area contributed by atoms with Crippen molar-refractivity contribution in [1.29, 1.82) is 0 Å². The Morgan fingerprint density at radius 2 is 2.19 bits per heavy atom. The van der Waals surface area contributed by atoms with Gasteiger partial charge in [-0.3, -0.25) is 4.68 Å². The van der Waals surface area contributed by atoms with Crippen LogP contribution in [-0.4, -0.2) is 21.5 Å². The summed E-state index contributed by atoms with van der Waals surface area (Å²) < 4.78 is 15.8. The molecule has 0 spiro atoms. The van der Waals surface area contributed by atoms with E-state index >= 15 is 0 Å². The monoisotopic (exact) mass is 311 g/mol. The van der Waals surface area contributed by atoms with E-state index in [0.29, 0.717) is 12.1 Å². The van der Waals surface area contributed by atoms with Gasteiger partial charge in [0.05, 0.1) is 36.1 Å². The van der Waals surface area contributed by atoms with Gasteiger partial charge in [-0.25, -0.2) is 4.39 Å². The Labute approximate surface area is 128 Å². The molecule has 1 atom stereocenters. The van der Waals surface area contributed by atoms with E-state index in [1.807, 2.05) is 13.8 Å². The molecule has 0 saturated carbocycles. The van der Waals surface area contributed by atoms with Crippen LogP contribution in [0.2, 0.25) is 5.02 Å². The Balaban J connectivity index is 2.24. The summed E-state index contributed by atoms with van der Waals surface area (Å²) in [7, 11) is 0. The molecule has 4 nitrogen and oxygen atoms in total. The average molecular weight is 312 g/mol. The van der Waals surface area contributed by atoms with Crippen LogP contribution in [0, 0.1) is 11.7 Å². The number of hydrogen-bond donors (Lipinski definition) is 2. The molecule has 0 amide bonds. The molecule has 114 valence electrons. The summed E-state index contributed by atoms with van der Waals surface area (Å²) in [5, 5.41) is 16.4. The molecule has 2 rings (SSSR count). The molecule has 0 aliphatic heterocycles. The van der Waals surface area contributed by atoms with Crippen molar-refractivity contribution in [3.63, 3.8) is 0 Å². The fourth-order valence-electron chi connectivity index (χ4n) is 2.21. The molecule has 2 aromatic rings. The Morgan fingerprint density at radius 3 is 2.86 bits per heavy atom. The van der Waals surface area contributed by atoms with Crippen molar-refractivity contribution in [3.8, 4) is 0 Å². The minimum Gasteiger partial charge on any atom is -0.394 e. The summed E-state index contributed by atoms with van der Waals surface area (Å²) in [5.41, 5.74) is 1.31. The first-order valence-corrected chi connectivity index (χ1v) is 7.24. The topological polar surface area (TPSA) is 50.1 Å². The largest absolute Gasteiger partial charge is 0.394 e. The molecule has 0 saturated heterocycles. The van der Waals surface area contributed by atoms with Crippen LogP contribution < -0.4 is 5.32 Å². The Morgan fingerprint density at radius 1 is 1.43 bits per heavy atom. The lowest BCUT2D eigenvalue weighted by molar-refractivity contribution is 0.269. The van der Waals surface area contributed by atoms with E-state index in [9.17, 15) is 4.39 Å². The smallest absolute Gasteiger partial charge is 0.147 e. The second-order valence-corrected chi connectivity index (χ2v) is 5.63. The molecule has 21 heavy (non-hydrogen) atoms. The van der Waals surface area contributed by atoms with Crippen molar-refractivity contribution >= 4 is 17.3 Å². The minimum absolute atomic E-state index is 0.0254. The maximum atomic E-state index is 14.2. The van der Waals surface area contributed by atoms with Crippen LogP contribution in [-0.2, 0) is 6.54 Å². The third-order valence-corrected chi connectivity index (χ3v) is 3.56. The first kappa shape index (κ1) is 15.8. The van der Waals surface area contributed by atoms with Crippen molar-refractivity contribution in [2.24, 2.45) is 5.92 Å². The molecule has 1 aromatic heterocycles. The molecule has 1 aromatic carbocycles. The number of aliphatic hydroxyl groups excluding tert-OH is 1. The van der Waals surface area contributed by atoms with Crippen LogP contribution in [0.5, 0.6) is 0 Å². The summed E-state index contributed by atoms with van der Waals surface area (Å²) in [6.07, 6.45) is 3.45. The number of hydrogen-bond acceptors (Lipinski definition) is 3. The van der Waals surface area contributed by atoms with Crippen LogP contribution in [0.3, 0.4) is 0 Å². The lowest BCUT2D eigenvalue weighted by atomic mass is 9.95. The minimum atomic E-state index is -0.395. The van der Waals surface area contributed by atoms with Gasteiger partial charge in [-0.2, -0.15) is 5.10 Å². The lowest BCUT2D eigenvalue weighted by Gasteiger charge is -2.24. The molecule has 1 unspecified atom stereocenters. The van der Waals surface area contributed by atoms with Gasteiger partial charge in [-0.15, -0.1) is 0 Å². The molecule has 2 N–H and O–H groups in total. The van der Waals surface area contributed by atoms with Crippen LogP contribution in [0.4, 0.5) is 10.1 Å². The van der Waals surface area contributed by atoms with Gasteiger partial charge in [0, 0.05) is 11.8 Å². The second-order valence-electron chi connectivity index (χ2n) is 5.22. The average Bonchev–Trinajstić information content (AvgIpc) is 2.87. The zero-order valence-corrected chi connectivity index (χ0v) is 12.8. The van der Waals surface area contributed by atoms with E-state index in [1.54, 1.807) is 29.2 Å². The summed E-state index contributed by atoms with van der Waals surface area (Å²) in [4.78, 5) is 0. The fourth-order valence-corrected chi connectivity index (χ4v) is 2.39. The van der Waals surface area contributed by atoms with Gasteiger partial charge in [-0.05, 0) is 12.0 Å². The predicted octanol–water partition coefficient (Wildman–Crippen LogP) is 3.48. The number of nitrogens with one attached hydrogen (secondary N) is 1. The highest BCUT2D eigenvalue weighted by Gasteiger charge is 2.21. The lowest BCUT2D eigenvalue weighted by Crippen LogP contribution is -2.18. The van der Waals surface area contributed by atoms with Gasteiger partial charge in [0.1, 0.15) is 5.82 Å². The van der Waals surface area contributed by atoms with E-state index in [4.69, 9.17) is 16.7 Å². The van der Waals surface area contributed by atoms with E-state index < -0.39 is 5.82 Å². The van der Waals surface area contributed by atoms with E-state index in [0.717, 1.165) is 5.69 Å². The maximum absolute atomic E-state index is 14.2. The highest BCUT2D eigenvalue weighted by atomic mass is 35.5. The molecular weight excluding hydrogens is 293 g/mol. The highest BCUT2D eigenvalue weighted by molar-refractivity contribution is 6.30. The standard InChI is InChI=1S/C15H19ClFN3O/c1-10(2)15(12-4-3-5-13(16)14(12)17)19-11-8-18-20(9-11)6-7-21/h3-5,8-10,15,19,21H,6-7H2,1-2H3. The van der Waals surface area contributed by atoms with Gasteiger partial charge < -0.3 is 10.4 Å². The zero-order valence-electron chi connectivity index (χ0n) is 12.1. The highest BCUT2D eigenvalue weighted by Crippen LogP contribution is 2.31. The van der Waals surface area contributed by atoms with E-state index in [2.05, 4.69) is 10.4 Å². The van der Waals surface area contributed by atoms with Gasteiger partial charge in [0.25, 0.3) is 0 Å². The first-order chi connectivity index (χ1) is 10.0. The third-order valence-electron chi connectivity index (χ3n) is 3.27. The number of aromatic nitrogens is 2. The van der Waals surface area contributed by atoms with Crippen molar-refractivity contribution in [2.45, 2.75) is 26.4 Å². The molecule has 0 bridgehead atoms. The summed E-state index contributed by atoms with van der Waals surface area (Å²) >= 11 is 5.86. The van der Waals surface area contributed by atoms with Gasteiger partial charge >= 0.3 is 0 Å². The fraction of sp³-hybridized carbons (Fsp3) is 0.400. The van der Waals surface area contributed by atoms with Crippen LogP contribution in [0.15, 0.2) is 30.6 Å². The third kappa shape index (κ3) is 3.74. The Hall–Kier alpha value is -1.59. The number of anilines is 1. The Bertz CT molecular complexity index is 600.